The van der Waals surface area contributed by atoms with Crippen molar-refractivity contribution in [3.05, 3.63) is 69.5 Å². The largest absolute Gasteiger partial charge is 0.456 e. The molecule has 1 N–H and O–H groups in total. The number of rotatable bonds is 4. The maximum Gasteiger partial charge on any atom is 0.287 e. The lowest BCUT2D eigenvalue weighted by molar-refractivity contribution is 0.0895. The number of hydrogen-bond acceptors (Lipinski definition) is 3. The van der Waals surface area contributed by atoms with Gasteiger partial charge in [0.1, 0.15) is 11.6 Å². The first-order valence-electron chi connectivity index (χ1n) is 8.18. The zero-order valence-electron chi connectivity index (χ0n) is 13.5. The first kappa shape index (κ1) is 16.4. The first-order valence-corrected chi connectivity index (χ1v) is 8.18. The van der Waals surface area contributed by atoms with E-state index in [4.69, 9.17) is 4.42 Å². The summed E-state index contributed by atoms with van der Waals surface area (Å²) in [6.45, 7) is 1.64. The maximum atomic E-state index is 13.0. The van der Waals surface area contributed by atoms with E-state index in [0.29, 0.717) is 11.7 Å². The van der Waals surface area contributed by atoms with Gasteiger partial charge in [0.25, 0.3) is 5.91 Å². The summed E-state index contributed by atoms with van der Waals surface area (Å²) >= 11 is 0. The van der Waals surface area contributed by atoms with Crippen LogP contribution in [0.1, 0.15) is 41.1 Å². The monoisotopic (exact) mass is 329 g/mol. The van der Waals surface area contributed by atoms with Crippen LogP contribution in [0.3, 0.4) is 0 Å². The van der Waals surface area contributed by atoms with Crippen molar-refractivity contribution in [3.8, 4) is 0 Å². The van der Waals surface area contributed by atoms with Gasteiger partial charge in [-0.15, -0.1) is 0 Å². The Bertz CT molecular complexity index is 782. The number of carbonyl (C=O) groups is 1. The second-order valence-corrected chi connectivity index (χ2v) is 6.37. The zero-order chi connectivity index (χ0) is 17.1. The predicted molar refractivity (Wildman–Crippen MR) is 88.4 cm³/mol. The van der Waals surface area contributed by atoms with Crippen molar-refractivity contribution in [2.45, 2.75) is 38.6 Å². The van der Waals surface area contributed by atoms with Crippen molar-refractivity contribution in [3.63, 3.8) is 0 Å². The van der Waals surface area contributed by atoms with Gasteiger partial charge in [0.2, 0.25) is 0 Å². The van der Waals surface area contributed by atoms with E-state index in [0.717, 1.165) is 31.2 Å². The minimum atomic E-state index is -0.355. The predicted octanol–water partition coefficient (Wildman–Crippen LogP) is 3.23. The molecule has 1 aliphatic carbocycles. The Balaban J connectivity index is 1.68. The normalized spacial score (nSPS) is 20.1. The fourth-order valence-corrected chi connectivity index (χ4v) is 3.35. The standard InChI is InChI=1S/C19H20FNO3/c1-12-9-16(22)11-18(24-12)19(23)21-17-4-2-3-14(17)10-13-5-7-15(20)8-6-13/h5-9,11,14,17H,2-4,10H2,1H3,(H,21,23). The molecule has 3 rings (SSSR count). The summed E-state index contributed by atoms with van der Waals surface area (Å²) in [6.07, 6.45) is 3.74. The van der Waals surface area contributed by atoms with Crippen LogP contribution in [0.15, 0.2) is 45.6 Å². The second kappa shape index (κ2) is 6.99. The van der Waals surface area contributed by atoms with Crippen LogP contribution in [0.25, 0.3) is 0 Å². The molecule has 1 aromatic heterocycles. The molecule has 126 valence electrons. The van der Waals surface area contributed by atoms with Gasteiger partial charge in [-0.05, 0) is 49.8 Å². The van der Waals surface area contributed by atoms with Crippen LogP contribution < -0.4 is 10.7 Å². The molecule has 2 unspecified atom stereocenters. The van der Waals surface area contributed by atoms with E-state index in [-0.39, 0.29) is 29.0 Å². The highest BCUT2D eigenvalue weighted by molar-refractivity contribution is 5.91. The summed E-state index contributed by atoms with van der Waals surface area (Å²) in [5.74, 6) is 0.168. The number of aryl methyl sites for hydroxylation is 1. The van der Waals surface area contributed by atoms with E-state index in [1.807, 2.05) is 0 Å². The van der Waals surface area contributed by atoms with Crippen LogP contribution >= 0.6 is 0 Å². The van der Waals surface area contributed by atoms with Gasteiger partial charge in [-0.25, -0.2) is 4.39 Å². The van der Waals surface area contributed by atoms with Crippen molar-refractivity contribution in [2.24, 2.45) is 5.92 Å². The van der Waals surface area contributed by atoms with E-state index in [2.05, 4.69) is 5.32 Å². The highest BCUT2D eigenvalue weighted by Gasteiger charge is 2.29. The Morgan fingerprint density at radius 2 is 2.00 bits per heavy atom. The molecule has 1 aliphatic rings. The van der Waals surface area contributed by atoms with Gasteiger partial charge < -0.3 is 9.73 Å². The van der Waals surface area contributed by atoms with E-state index in [1.165, 1.54) is 24.3 Å². The van der Waals surface area contributed by atoms with Crippen LogP contribution in [0, 0.1) is 18.7 Å². The molecular weight excluding hydrogens is 309 g/mol. The molecule has 1 saturated carbocycles. The van der Waals surface area contributed by atoms with Crippen molar-refractivity contribution in [2.75, 3.05) is 0 Å². The molecule has 4 nitrogen and oxygen atoms in total. The van der Waals surface area contributed by atoms with Crippen molar-refractivity contribution in [1.82, 2.24) is 5.32 Å². The summed E-state index contributed by atoms with van der Waals surface area (Å²) in [6, 6.07) is 9.08. The first-order chi connectivity index (χ1) is 11.5. The summed E-state index contributed by atoms with van der Waals surface area (Å²) in [5, 5.41) is 2.99. The molecule has 2 atom stereocenters. The number of benzene rings is 1. The molecular formula is C19H20FNO3. The molecule has 1 fully saturated rings. The number of nitrogens with one attached hydrogen (secondary N) is 1. The molecule has 0 radical (unpaired) electrons. The molecule has 0 spiro atoms. The number of amides is 1. The van der Waals surface area contributed by atoms with Crippen LogP contribution in [-0.2, 0) is 6.42 Å². The molecule has 5 heteroatoms. The fourth-order valence-electron chi connectivity index (χ4n) is 3.35. The fraction of sp³-hybridized carbons (Fsp3) is 0.368. The minimum absolute atomic E-state index is 0.0355. The van der Waals surface area contributed by atoms with E-state index < -0.39 is 0 Å². The summed E-state index contributed by atoms with van der Waals surface area (Å²) < 4.78 is 18.4. The SMILES string of the molecule is Cc1cc(=O)cc(C(=O)NC2CCCC2Cc2ccc(F)cc2)o1. The van der Waals surface area contributed by atoms with E-state index in [9.17, 15) is 14.0 Å². The van der Waals surface area contributed by atoms with Crippen molar-refractivity contribution in [1.29, 1.82) is 0 Å². The minimum Gasteiger partial charge on any atom is -0.456 e. The maximum absolute atomic E-state index is 13.0. The van der Waals surface area contributed by atoms with Gasteiger partial charge in [-0.3, -0.25) is 9.59 Å². The topological polar surface area (TPSA) is 59.3 Å². The Morgan fingerprint density at radius 1 is 1.25 bits per heavy atom. The molecule has 1 heterocycles. The van der Waals surface area contributed by atoms with Gasteiger partial charge in [-0.1, -0.05) is 18.6 Å². The molecule has 2 aromatic rings. The third-order valence-electron chi connectivity index (χ3n) is 4.50. The van der Waals surface area contributed by atoms with Gasteiger partial charge >= 0.3 is 0 Å². The molecule has 0 bridgehead atoms. The Kier molecular flexibility index (Phi) is 4.79. The Hall–Kier alpha value is -2.43. The summed E-state index contributed by atoms with van der Waals surface area (Å²) in [4.78, 5) is 23.9. The van der Waals surface area contributed by atoms with Gasteiger partial charge in [0, 0.05) is 18.2 Å². The van der Waals surface area contributed by atoms with Gasteiger partial charge in [0.15, 0.2) is 11.2 Å². The number of carbonyl (C=O) groups excluding carboxylic acids is 1. The highest BCUT2D eigenvalue weighted by Crippen LogP contribution is 2.29. The van der Waals surface area contributed by atoms with E-state index >= 15 is 0 Å². The number of hydrogen-bond donors (Lipinski definition) is 1. The Labute approximate surface area is 139 Å². The number of halogens is 1. The molecule has 1 aromatic carbocycles. The lowest BCUT2D eigenvalue weighted by atomic mass is 9.94. The van der Waals surface area contributed by atoms with Gasteiger partial charge in [-0.2, -0.15) is 0 Å². The average Bonchev–Trinajstić information content (AvgIpc) is 2.95. The van der Waals surface area contributed by atoms with Gasteiger partial charge in [0.05, 0.1) is 0 Å². The molecule has 24 heavy (non-hydrogen) atoms. The Morgan fingerprint density at radius 3 is 2.71 bits per heavy atom. The van der Waals surface area contributed by atoms with Crippen LogP contribution in [-0.4, -0.2) is 11.9 Å². The quantitative estimate of drug-likeness (QED) is 0.937. The third-order valence-corrected chi connectivity index (χ3v) is 4.50. The van der Waals surface area contributed by atoms with Crippen molar-refractivity contribution < 1.29 is 13.6 Å². The summed E-state index contributed by atoms with van der Waals surface area (Å²) in [7, 11) is 0. The second-order valence-electron chi connectivity index (χ2n) is 6.37. The lowest BCUT2D eigenvalue weighted by Crippen LogP contribution is -2.38. The van der Waals surface area contributed by atoms with Crippen molar-refractivity contribution >= 4 is 5.91 Å². The average molecular weight is 329 g/mol. The van der Waals surface area contributed by atoms with Crippen LogP contribution in [0.5, 0.6) is 0 Å². The van der Waals surface area contributed by atoms with Crippen LogP contribution in [0.2, 0.25) is 0 Å². The molecule has 0 aliphatic heterocycles. The molecule has 0 saturated heterocycles. The summed E-state index contributed by atoms with van der Waals surface area (Å²) in [5.41, 5.74) is 0.822. The highest BCUT2D eigenvalue weighted by atomic mass is 19.1. The third kappa shape index (κ3) is 3.91. The lowest BCUT2D eigenvalue weighted by Gasteiger charge is -2.21. The van der Waals surface area contributed by atoms with E-state index in [1.54, 1.807) is 19.1 Å². The molecule has 1 amide bonds. The van der Waals surface area contributed by atoms with Crippen LogP contribution in [0.4, 0.5) is 4.39 Å². The zero-order valence-corrected chi connectivity index (χ0v) is 13.5. The smallest absolute Gasteiger partial charge is 0.287 e.